The molecule has 0 unspecified atom stereocenters. The van der Waals surface area contributed by atoms with Crippen molar-refractivity contribution in [2.45, 2.75) is 51.5 Å². The summed E-state index contributed by atoms with van der Waals surface area (Å²) in [6, 6.07) is 19.5. The number of aryl methyl sites for hydroxylation is 2. The molecule has 30 heavy (non-hydrogen) atoms. The minimum absolute atomic E-state index is 0.339. The predicted molar refractivity (Wildman–Crippen MR) is 125 cm³/mol. The number of rotatable bonds is 9. The Kier molecular flexibility index (Phi) is 6.76. The quantitative estimate of drug-likeness (QED) is 0.443. The van der Waals surface area contributed by atoms with Crippen LogP contribution in [0.5, 0.6) is 0 Å². The number of aromatic nitrogens is 1. The van der Waals surface area contributed by atoms with Crippen LogP contribution in [0, 0.1) is 0 Å². The molecule has 3 aromatic rings. The predicted octanol–water partition coefficient (Wildman–Crippen LogP) is 5.75. The Labute approximate surface area is 183 Å². The summed E-state index contributed by atoms with van der Waals surface area (Å²) in [5.74, 6) is 0.929. The van der Waals surface area contributed by atoms with Crippen molar-refractivity contribution in [3.8, 4) is 10.4 Å². The molecule has 0 N–H and O–H groups in total. The van der Waals surface area contributed by atoms with Gasteiger partial charge in [0, 0.05) is 44.1 Å². The second kappa shape index (κ2) is 9.67. The summed E-state index contributed by atoms with van der Waals surface area (Å²) in [4.78, 5) is 20.6. The van der Waals surface area contributed by atoms with Crippen molar-refractivity contribution in [1.29, 1.82) is 0 Å². The Bertz CT molecular complexity index is 956. The smallest absolute Gasteiger partial charge is 0.133 e. The Morgan fingerprint density at radius 2 is 1.63 bits per heavy atom. The van der Waals surface area contributed by atoms with Crippen LogP contribution in [0.15, 0.2) is 60.8 Å². The number of ketones is 1. The zero-order chi connectivity index (χ0) is 20.9. The largest absolute Gasteiger partial charge is 0.300 e. The summed E-state index contributed by atoms with van der Waals surface area (Å²) < 4.78 is 0. The number of benzene rings is 2. The van der Waals surface area contributed by atoms with Crippen molar-refractivity contribution >= 4 is 17.1 Å². The molecule has 0 aliphatic carbocycles. The van der Waals surface area contributed by atoms with Gasteiger partial charge in [-0.2, -0.15) is 0 Å². The topological polar surface area (TPSA) is 33.2 Å². The van der Waals surface area contributed by atoms with Gasteiger partial charge in [0.05, 0.1) is 9.88 Å². The Morgan fingerprint density at radius 3 is 2.27 bits per heavy atom. The summed E-state index contributed by atoms with van der Waals surface area (Å²) in [5, 5.41) is 1.26. The van der Waals surface area contributed by atoms with Gasteiger partial charge in [-0.3, -0.25) is 9.69 Å². The second-order valence-electron chi connectivity index (χ2n) is 8.53. The molecule has 3 nitrogen and oxygen atoms in total. The van der Waals surface area contributed by atoms with E-state index in [4.69, 9.17) is 0 Å². The van der Waals surface area contributed by atoms with E-state index in [1.165, 1.54) is 26.6 Å². The molecule has 0 spiro atoms. The highest BCUT2D eigenvalue weighted by atomic mass is 32.1. The van der Waals surface area contributed by atoms with Crippen LogP contribution in [0.3, 0.4) is 0 Å². The lowest BCUT2D eigenvalue weighted by Gasteiger charge is -2.41. The first-order valence-electron chi connectivity index (χ1n) is 10.9. The normalized spacial score (nSPS) is 14.8. The van der Waals surface area contributed by atoms with Gasteiger partial charge in [-0.15, -0.1) is 11.3 Å². The third kappa shape index (κ3) is 5.24. The van der Waals surface area contributed by atoms with Crippen molar-refractivity contribution in [3.05, 3.63) is 76.9 Å². The van der Waals surface area contributed by atoms with Gasteiger partial charge in [0.1, 0.15) is 5.78 Å². The van der Waals surface area contributed by atoms with Crippen LogP contribution in [-0.2, 0) is 17.6 Å². The van der Waals surface area contributed by atoms with Gasteiger partial charge in [0.15, 0.2) is 0 Å². The summed E-state index contributed by atoms with van der Waals surface area (Å²) in [5.41, 5.74) is 3.68. The molecule has 2 aromatic carbocycles. The minimum atomic E-state index is 0.339. The number of carbonyl (C=O) groups excluding carboxylic acids is 1. The molecule has 156 valence electrons. The van der Waals surface area contributed by atoms with Crippen LogP contribution in [-0.4, -0.2) is 34.8 Å². The van der Waals surface area contributed by atoms with E-state index in [1.54, 1.807) is 0 Å². The van der Waals surface area contributed by atoms with Crippen molar-refractivity contribution in [3.63, 3.8) is 0 Å². The summed E-state index contributed by atoms with van der Waals surface area (Å²) in [7, 11) is 0. The van der Waals surface area contributed by atoms with Crippen molar-refractivity contribution in [1.82, 2.24) is 9.88 Å². The average Bonchev–Trinajstić information content (AvgIpc) is 3.20. The maximum atomic E-state index is 12.2. The summed E-state index contributed by atoms with van der Waals surface area (Å²) in [6.45, 7) is 6.76. The molecule has 0 atom stereocenters. The van der Waals surface area contributed by atoms with Crippen LogP contribution in [0.2, 0.25) is 0 Å². The van der Waals surface area contributed by atoms with Crippen LogP contribution in [0.4, 0.5) is 0 Å². The lowest BCUT2D eigenvalue weighted by atomic mass is 9.99. The zero-order valence-electron chi connectivity index (χ0n) is 17.9. The van der Waals surface area contributed by atoms with Gasteiger partial charge < -0.3 is 0 Å². The SMILES string of the molecule is CC(C)N1CC(c2ncc(-c3ccc(CCC(=O)CCc4ccccc4)cc3)s2)C1. The molecule has 4 heteroatoms. The Morgan fingerprint density at radius 1 is 1.00 bits per heavy atom. The molecule has 2 heterocycles. The zero-order valence-corrected chi connectivity index (χ0v) is 18.7. The summed E-state index contributed by atoms with van der Waals surface area (Å²) >= 11 is 1.82. The number of hydrogen-bond donors (Lipinski definition) is 0. The fraction of sp³-hybridized carbons (Fsp3) is 0.385. The molecule has 0 bridgehead atoms. The highest BCUT2D eigenvalue weighted by molar-refractivity contribution is 7.15. The number of nitrogens with zero attached hydrogens (tertiary/aromatic N) is 2. The molecule has 1 aromatic heterocycles. The van der Waals surface area contributed by atoms with Crippen LogP contribution in [0.25, 0.3) is 10.4 Å². The molecule has 0 amide bonds. The van der Waals surface area contributed by atoms with E-state index in [-0.39, 0.29) is 0 Å². The molecule has 4 rings (SSSR count). The third-order valence-corrected chi connectivity index (χ3v) is 7.19. The van der Waals surface area contributed by atoms with E-state index in [9.17, 15) is 4.79 Å². The maximum Gasteiger partial charge on any atom is 0.133 e. The average molecular weight is 419 g/mol. The van der Waals surface area contributed by atoms with Crippen LogP contribution in [0.1, 0.15) is 48.7 Å². The van der Waals surface area contributed by atoms with Gasteiger partial charge in [0.2, 0.25) is 0 Å². The van der Waals surface area contributed by atoms with Crippen molar-refractivity contribution in [2.75, 3.05) is 13.1 Å². The molecule has 1 fully saturated rings. The molecule has 1 aliphatic heterocycles. The number of Topliss-reactive ketones (excluding diaryl/α,β-unsaturated/α-hetero) is 1. The van der Waals surface area contributed by atoms with Gasteiger partial charge in [0.25, 0.3) is 0 Å². The first-order chi connectivity index (χ1) is 14.6. The lowest BCUT2D eigenvalue weighted by molar-refractivity contribution is -0.119. The first kappa shape index (κ1) is 21.0. The van der Waals surface area contributed by atoms with Crippen LogP contribution < -0.4 is 0 Å². The first-order valence-corrected chi connectivity index (χ1v) is 11.7. The summed E-state index contributed by atoms with van der Waals surface area (Å²) in [6.07, 6.45) is 4.91. The van der Waals surface area contributed by atoms with E-state index in [2.05, 4.69) is 60.1 Å². The molecule has 0 radical (unpaired) electrons. The van der Waals surface area contributed by atoms with E-state index in [0.29, 0.717) is 30.6 Å². The van der Waals surface area contributed by atoms with Gasteiger partial charge in [-0.25, -0.2) is 4.98 Å². The minimum Gasteiger partial charge on any atom is -0.300 e. The standard InChI is InChI=1S/C26H30N2OS/c1-19(2)28-17-23(18-28)26-27-16-25(30-26)22-12-8-21(9-13-22)11-15-24(29)14-10-20-6-4-3-5-7-20/h3-9,12-13,16,19,23H,10-11,14-15,17-18H2,1-2H3. The monoisotopic (exact) mass is 418 g/mol. The van der Waals surface area contributed by atoms with E-state index in [1.807, 2.05) is 35.7 Å². The number of hydrogen-bond acceptors (Lipinski definition) is 4. The molecule has 0 saturated carbocycles. The second-order valence-corrected chi connectivity index (χ2v) is 9.59. The molecular formula is C26H30N2OS. The number of carbonyl (C=O) groups is 1. The maximum absolute atomic E-state index is 12.2. The van der Waals surface area contributed by atoms with Gasteiger partial charge in [-0.05, 0) is 43.4 Å². The fourth-order valence-electron chi connectivity index (χ4n) is 3.87. The number of thiazole rings is 1. The molecular weight excluding hydrogens is 388 g/mol. The van der Waals surface area contributed by atoms with E-state index < -0.39 is 0 Å². The number of likely N-dealkylation sites (tertiary alicyclic amines) is 1. The van der Waals surface area contributed by atoms with E-state index in [0.717, 1.165) is 25.9 Å². The Balaban J connectivity index is 1.26. The van der Waals surface area contributed by atoms with Gasteiger partial charge >= 0.3 is 0 Å². The highest BCUT2D eigenvalue weighted by Crippen LogP contribution is 2.35. The van der Waals surface area contributed by atoms with Crippen molar-refractivity contribution in [2.24, 2.45) is 0 Å². The van der Waals surface area contributed by atoms with Gasteiger partial charge in [-0.1, -0.05) is 54.6 Å². The molecule has 1 saturated heterocycles. The third-order valence-electron chi connectivity index (χ3n) is 5.98. The lowest BCUT2D eigenvalue weighted by Crippen LogP contribution is -2.48. The van der Waals surface area contributed by atoms with E-state index >= 15 is 0 Å². The molecule has 1 aliphatic rings. The fourth-order valence-corrected chi connectivity index (χ4v) is 4.88. The Hall–Kier alpha value is -2.30. The van der Waals surface area contributed by atoms with Crippen molar-refractivity contribution < 1.29 is 4.79 Å². The highest BCUT2D eigenvalue weighted by Gasteiger charge is 2.31. The van der Waals surface area contributed by atoms with Crippen LogP contribution >= 0.6 is 11.3 Å².